The van der Waals surface area contributed by atoms with E-state index < -0.39 is 0 Å². The Labute approximate surface area is 147 Å². The number of benzene rings is 1. The number of carbonyl (C=O) groups is 2. The predicted octanol–water partition coefficient (Wildman–Crippen LogP) is 0.912. The third-order valence-corrected chi connectivity index (χ3v) is 5.07. The first-order chi connectivity index (χ1) is 11.4. The topological polar surface area (TPSA) is 74.7 Å². The van der Waals surface area contributed by atoms with Crippen molar-refractivity contribution in [1.82, 2.24) is 19.9 Å². The SMILES string of the molecule is CC(=O)NN1CCN(C(=O)Cn2c(=O)sc3ccc(Cl)cc32)CC1. The second kappa shape index (κ2) is 6.92. The Morgan fingerprint density at radius 1 is 1.25 bits per heavy atom. The molecule has 1 aromatic heterocycles. The molecule has 7 nitrogen and oxygen atoms in total. The van der Waals surface area contributed by atoms with Gasteiger partial charge in [-0.2, -0.15) is 0 Å². The average molecular weight is 369 g/mol. The zero-order valence-corrected chi connectivity index (χ0v) is 14.7. The maximum atomic E-state index is 12.5. The normalized spacial score (nSPS) is 15.7. The number of amides is 2. The summed E-state index contributed by atoms with van der Waals surface area (Å²) in [7, 11) is 0. The lowest BCUT2D eigenvalue weighted by Gasteiger charge is -2.34. The summed E-state index contributed by atoms with van der Waals surface area (Å²) in [6.45, 7) is 3.61. The van der Waals surface area contributed by atoms with E-state index in [9.17, 15) is 14.4 Å². The van der Waals surface area contributed by atoms with E-state index in [4.69, 9.17) is 11.6 Å². The highest BCUT2D eigenvalue weighted by Gasteiger charge is 2.22. The van der Waals surface area contributed by atoms with Crippen molar-refractivity contribution >= 4 is 45.0 Å². The van der Waals surface area contributed by atoms with Crippen LogP contribution >= 0.6 is 22.9 Å². The number of nitrogens with one attached hydrogen (secondary N) is 1. The number of fused-ring (bicyclic) bond motifs is 1. The minimum Gasteiger partial charge on any atom is -0.338 e. The van der Waals surface area contributed by atoms with Crippen LogP contribution in [0.1, 0.15) is 6.92 Å². The number of rotatable bonds is 3. The van der Waals surface area contributed by atoms with Gasteiger partial charge in [-0.1, -0.05) is 22.9 Å². The molecule has 1 aromatic carbocycles. The Bertz CT molecular complexity index is 839. The molecule has 1 fully saturated rings. The Kier molecular flexibility index (Phi) is 4.88. The van der Waals surface area contributed by atoms with E-state index in [1.165, 1.54) is 11.5 Å². The largest absolute Gasteiger partial charge is 0.338 e. The summed E-state index contributed by atoms with van der Waals surface area (Å²) in [6.07, 6.45) is 0. The van der Waals surface area contributed by atoms with Gasteiger partial charge < -0.3 is 4.90 Å². The standard InChI is InChI=1S/C15H17ClN4O3S/c1-10(21)17-19-6-4-18(5-7-19)14(22)9-20-12-8-11(16)2-3-13(12)24-15(20)23/h2-3,8H,4-7,9H2,1H3,(H,17,21). The minimum absolute atomic E-state index is 0.000682. The molecule has 1 aliphatic rings. The van der Waals surface area contributed by atoms with Crippen molar-refractivity contribution in [3.63, 3.8) is 0 Å². The second-order valence-corrected chi connectivity index (χ2v) is 7.03. The van der Waals surface area contributed by atoms with Gasteiger partial charge >= 0.3 is 4.87 Å². The molecule has 1 N–H and O–H groups in total. The summed E-state index contributed by atoms with van der Waals surface area (Å²) < 4.78 is 2.28. The number of hydrogen-bond acceptors (Lipinski definition) is 5. The summed E-state index contributed by atoms with van der Waals surface area (Å²) >= 11 is 7.10. The second-order valence-electron chi connectivity index (χ2n) is 5.60. The summed E-state index contributed by atoms with van der Waals surface area (Å²) in [6, 6.07) is 5.22. The molecule has 0 bridgehead atoms. The first-order valence-electron chi connectivity index (χ1n) is 7.53. The average Bonchev–Trinajstić information content (AvgIpc) is 2.83. The molecule has 1 saturated heterocycles. The lowest BCUT2D eigenvalue weighted by atomic mass is 10.3. The van der Waals surface area contributed by atoms with Crippen molar-refractivity contribution in [3.8, 4) is 0 Å². The van der Waals surface area contributed by atoms with Gasteiger partial charge in [0.15, 0.2) is 0 Å². The molecule has 0 saturated carbocycles. The third kappa shape index (κ3) is 3.61. The smallest absolute Gasteiger partial charge is 0.308 e. The Balaban J connectivity index is 1.70. The molecule has 2 amide bonds. The van der Waals surface area contributed by atoms with Crippen molar-refractivity contribution < 1.29 is 9.59 Å². The van der Waals surface area contributed by atoms with Gasteiger partial charge in [-0.05, 0) is 18.2 Å². The van der Waals surface area contributed by atoms with Crippen LogP contribution in [-0.2, 0) is 16.1 Å². The molecule has 0 unspecified atom stereocenters. The van der Waals surface area contributed by atoms with Crippen LogP contribution in [0.25, 0.3) is 10.2 Å². The Hall–Kier alpha value is -1.90. The van der Waals surface area contributed by atoms with Crippen LogP contribution in [0.3, 0.4) is 0 Å². The molecule has 2 heterocycles. The lowest BCUT2D eigenvalue weighted by molar-refractivity contribution is -0.134. The van der Waals surface area contributed by atoms with E-state index in [2.05, 4.69) is 5.43 Å². The highest BCUT2D eigenvalue weighted by molar-refractivity contribution is 7.16. The van der Waals surface area contributed by atoms with Crippen LogP contribution in [0.4, 0.5) is 0 Å². The van der Waals surface area contributed by atoms with Crippen molar-refractivity contribution in [2.75, 3.05) is 26.2 Å². The molecule has 0 atom stereocenters. The number of thiazole rings is 1. The first-order valence-corrected chi connectivity index (χ1v) is 8.72. The van der Waals surface area contributed by atoms with Crippen molar-refractivity contribution in [2.45, 2.75) is 13.5 Å². The van der Waals surface area contributed by atoms with Crippen LogP contribution in [0.15, 0.2) is 23.0 Å². The molecular weight excluding hydrogens is 352 g/mol. The summed E-state index contributed by atoms with van der Waals surface area (Å²) in [5.41, 5.74) is 3.40. The lowest BCUT2D eigenvalue weighted by Crippen LogP contribution is -2.55. The fourth-order valence-corrected chi connectivity index (χ4v) is 3.75. The Morgan fingerprint density at radius 2 is 1.96 bits per heavy atom. The van der Waals surface area contributed by atoms with E-state index in [1.54, 1.807) is 28.1 Å². The van der Waals surface area contributed by atoms with Gasteiger partial charge in [0, 0.05) is 38.1 Å². The van der Waals surface area contributed by atoms with E-state index >= 15 is 0 Å². The molecular formula is C15H17ClN4O3S. The number of hydrogen-bond donors (Lipinski definition) is 1. The van der Waals surface area contributed by atoms with Crippen LogP contribution < -0.4 is 10.3 Å². The van der Waals surface area contributed by atoms with Gasteiger partial charge in [0.25, 0.3) is 0 Å². The fraction of sp³-hybridized carbons (Fsp3) is 0.400. The number of hydrazine groups is 1. The number of aromatic nitrogens is 1. The molecule has 3 rings (SSSR count). The molecule has 2 aromatic rings. The van der Waals surface area contributed by atoms with Crippen molar-refractivity contribution in [2.24, 2.45) is 0 Å². The van der Waals surface area contributed by atoms with Gasteiger partial charge in [0.2, 0.25) is 11.8 Å². The van der Waals surface area contributed by atoms with E-state index in [1.807, 2.05) is 0 Å². The van der Waals surface area contributed by atoms with Gasteiger partial charge in [0.05, 0.1) is 10.2 Å². The third-order valence-electron chi connectivity index (χ3n) is 3.87. The number of halogens is 1. The van der Waals surface area contributed by atoms with Crippen LogP contribution in [0.2, 0.25) is 5.02 Å². The predicted molar refractivity (Wildman–Crippen MR) is 93.1 cm³/mol. The molecule has 0 spiro atoms. The number of carbonyl (C=O) groups excluding carboxylic acids is 2. The van der Waals surface area contributed by atoms with Crippen LogP contribution in [0, 0.1) is 0 Å². The fourth-order valence-electron chi connectivity index (χ4n) is 2.71. The molecule has 9 heteroatoms. The van der Waals surface area contributed by atoms with Crippen LogP contribution in [-0.4, -0.2) is 52.5 Å². The summed E-state index contributed by atoms with van der Waals surface area (Å²) in [5, 5.41) is 2.32. The monoisotopic (exact) mass is 368 g/mol. The highest BCUT2D eigenvalue weighted by Crippen LogP contribution is 2.21. The number of nitrogens with zero attached hydrogens (tertiary/aromatic N) is 3. The molecule has 24 heavy (non-hydrogen) atoms. The quantitative estimate of drug-likeness (QED) is 0.874. The van der Waals surface area contributed by atoms with E-state index in [0.29, 0.717) is 36.7 Å². The van der Waals surface area contributed by atoms with Gasteiger partial charge in [0.1, 0.15) is 6.54 Å². The molecule has 0 aliphatic carbocycles. The first kappa shape index (κ1) is 16.9. The summed E-state index contributed by atoms with van der Waals surface area (Å²) in [4.78, 5) is 37.2. The molecule has 0 radical (unpaired) electrons. The minimum atomic E-state index is -0.169. The maximum Gasteiger partial charge on any atom is 0.308 e. The summed E-state index contributed by atoms with van der Waals surface area (Å²) in [5.74, 6) is -0.234. The van der Waals surface area contributed by atoms with Gasteiger partial charge in [-0.3, -0.25) is 24.4 Å². The highest BCUT2D eigenvalue weighted by atomic mass is 35.5. The van der Waals surface area contributed by atoms with E-state index in [-0.39, 0.29) is 23.2 Å². The van der Waals surface area contributed by atoms with Gasteiger partial charge in [-0.25, -0.2) is 5.01 Å². The van der Waals surface area contributed by atoms with Crippen LogP contribution in [0.5, 0.6) is 0 Å². The van der Waals surface area contributed by atoms with Gasteiger partial charge in [-0.15, -0.1) is 0 Å². The number of piperazine rings is 1. The van der Waals surface area contributed by atoms with E-state index in [0.717, 1.165) is 16.0 Å². The van der Waals surface area contributed by atoms with Crippen molar-refractivity contribution in [3.05, 3.63) is 32.9 Å². The maximum absolute atomic E-state index is 12.5. The molecule has 128 valence electrons. The zero-order valence-electron chi connectivity index (χ0n) is 13.1. The zero-order chi connectivity index (χ0) is 17.3. The van der Waals surface area contributed by atoms with Crippen molar-refractivity contribution in [1.29, 1.82) is 0 Å². The molecule has 1 aliphatic heterocycles. The Morgan fingerprint density at radius 3 is 2.62 bits per heavy atom.